The van der Waals surface area contributed by atoms with Gasteiger partial charge in [0.15, 0.2) is 22.5 Å². The molecule has 5 rings (SSSR count). The van der Waals surface area contributed by atoms with Crippen LogP contribution < -0.4 is 14.2 Å². The Labute approximate surface area is 232 Å². The second-order valence-corrected chi connectivity index (χ2v) is 12.4. The molecule has 0 saturated carbocycles. The molecule has 0 bridgehead atoms. The SMILES string of the molecule is CCCNS(=O)(=O)CCn1c(Sc2cc3c(cc2-c2occc2CC)OCO3)nc2c1N=CC(CC)CC2=N. The first-order chi connectivity index (χ1) is 18.8. The number of aliphatic imine (C=N–C) groups is 1. The molecule has 1 unspecified atom stereocenters. The number of fused-ring (bicyclic) bond motifs is 2. The summed E-state index contributed by atoms with van der Waals surface area (Å²) in [7, 11) is -3.50. The lowest BCUT2D eigenvalue weighted by Gasteiger charge is -2.13. The van der Waals surface area contributed by atoms with Gasteiger partial charge >= 0.3 is 0 Å². The third-order valence-electron chi connectivity index (χ3n) is 6.79. The average molecular weight is 572 g/mol. The largest absolute Gasteiger partial charge is 0.464 e. The predicted molar refractivity (Wildman–Crippen MR) is 151 cm³/mol. The predicted octanol–water partition coefficient (Wildman–Crippen LogP) is 5.41. The number of nitrogens with one attached hydrogen (secondary N) is 2. The smallest absolute Gasteiger partial charge is 0.231 e. The number of ether oxygens (including phenoxy) is 2. The van der Waals surface area contributed by atoms with Crippen molar-refractivity contribution in [1.29, 1.82) is 5.41 Å². The van der Waals surface area contributed by atoms with E-state index < -0.39 is 10.0 Å². The van der Waals surface area contributed by atoms with Gasteiger partial charge in [-0.1, -0.05) is 32.5 Å². The summed E-state index contributed by atoms with van der Waals surface area (Å²) < 4.78 is 47.0. The van der Waals surface area contributed by atoms with Crippen molar-refractivity contribution in [2.75, 3.05) is 19.1 Å². The molecule has 39 heavy (non-hydrogen) atoms. The van der Waals surface area contributed by atoms with Crippen molar-refractivity contribution in [3.63, 3.8) is 0 Å². The molecule has 0 saturated heterocycles. The molecular formula is C27H33N5O5S2. The summed E-state index contributed by atoms with van der Waals surface area (Å²) in [5.41, 5.74) is 2.77. The van der Waals surface area contributed by atoms with Crippen LogP contribution in [0.4, 0.5) is 5.82 Å². The molecule has 2 aliphatic rings. The zero-order valence-electron chi connectivity index (χ0n) is 22.3. The van der Waals surface area contributed by atoms with E-state index in [2.05, 4.69) is 18.6 Å². The lowest BCUT2D eigenvalue weighted by molar-refractivity contribution is 0.174. The van der Waals surface area contributed by atoms with Crippen LogP contribution in [0.25, 0.3) is 11.3 Å². The normalized spacial score (nSPS) is 16.5. The van der Waals surface area contributed by atoms with Gasteiger partial charge in [0.05, 0.1) is 17.7 Å². The molecule has 208 valence electrons. The second kappa shape index (κ2) is 11.6. The van der Waals surface area contributed by atoms with Gasteiger partial charge in [-0.25, -0.2) is 23.1 Å². The van der Waals surface area contributed by atoms with Crippen molar-refractivity contribution in [2.45, 2.75) is 63.1 Å². The van der Waals surface area contributed by atoms with Gasteiger partial charge in [0.25, 0.3) is 0 Å². The number of sulfonamides is 1. The number of aromatic nitrogens is 2. The molecule has 1 atom stereocenters. The van der Waals surface area contributed by atoms with Crippen LogP contribution in [0, 0.1) is 11.3 Å². The molecule has 10 nitrogen and oxygen atoms in total. The summed E-state index contributed by atoms with van der Waals surface area (Å²) >= 11 is 1.37. The first-order valence-electron chi connectivity index (χ1n) is 13.2. The summed E-state index contributed by atoms with van der Waals surface area (Å²) in [5.74, 6) is 2.51. The van der Waals surface area contributed by atoms with Crippen molar-refractivity contribution in [2.24, 2.45) is 10.9 Å². The molecule has 0 radical (unpaired) electrons. The molecule has 1 aromatic carbocycles. The summed E-state index contributed by atoms with van der Waals surface area (Å²) in [5, 5.41) is 9.29. The fraction of sp³-hybridized carbons (Fsp3) is 0.444. The maximum atomic E-state index is 12.7. The fourth-order valence-corrected chi connectivity index (χ4v) is 6.68. The minimum Gasteiger partial charge on any atom is -0.464 e. The van der Waals surface area contributed by atoms with Gasteiger partial charge < -0.3 is 23.9 Å². The zero-order chi connectivity index (χ0) is 27.6. The number of benzene rings is 1. The van der Waals surface area contributed by atoms with E-state index in [0.29, 0.717) is 53.3 Å². The van der Waals surface area contributed by atoms with Crippen LogP contribution in [0.3, 0.4) is 0 Å². The molecule has 2 aromatic heterocycles. The summed E-state index contributed by atoms with van der Waals surface area (Å²) in [4.78, 5) is 10.4. The lowest BCUT2D eigenvalue weighted by Crippen LogP contribution is -2.29. The monoisotopic (exact) mass is 571 g/mol. The van der Waals surface area contributed by atoms with Crippen LogP contribution in [0.1, 0.15) is 51.3 Å². The Morgan fingerprint density at radius 3 is 2.74 bits per heavy atom. The Hall–Kier alpha value is -3.09. The van der Waals surface area contributed by atoms with Gasteiger partial charge in [0.1, 0.15) is 11.5 Å². The van der Waals surface area contributed by atoms with Crippen molar-refractivity contribution >= 4 is 39.5 Å². The highest BCUT2D eigenvalue weighted by Gasteiger charge is 2.28. The molecule has 4 heterocycles. The summed E-state index contributed by atoms with van der Waals surface area (Å²) in [6.45, 7) is 6.72. The molecule has 0 aliphatic carbocycles. The minimum absolute atomic E-state index is 0.129. The maximum absolute atomic E-state index is 12.7. The first kappa shape index (κ1) is 27.5. The topological polar surface area (TPSA) is 132 Å². The first-order valence-corrected chi connectivity index (χ1v) is 15.7. The Morgan fingerprint density at radius 1 is 1.21 bits per heavy atom. The van der Waals surface area contributed by atoms with Gasteiger partial charge in [-0.2, -0.15) is 0 Å². The van der Waals surface area contributed by atoms with Gasteiger partial charge in [-0.15, -0.1) is 0 Å². The van der Waals surface area contributed by atoms with E-state index in [0.717, 1.165) is 34.6 Å². The van der Waals surface area contributed by atoms with Crippen molar-refractivity contribution < 1.29 is 22.3 Å². The number of hydrogen-bond donors (Lipinski definition) is 2. The molecule has 12 heteroatoms. The van der Waals surface area contributed by atoms with E-state index in [1.807, 2.05) is 35.9 Å². The minimum atomic E-state index is -3.50. The van der Waals surface area contributed by atoms with Gasteiger partial charge in [0, 0.05) is 29.8 Å². The van der Waals surface area contributed by atoms with Crippen LogP contribution >= 0.6 is 11.8 Å². The summed E-state index contributed by atoms with van der Waals surface area (Å²) in [6.07, 6.45) is 6.42. The van der Waals surface area contributed by atoms with Crippen LogP contribution in [0.15, 0.2) is 43.9 Å². The van der Waals surface area contributed by atoms with E-state index in [1.54, 1.807) is 6.26 Å². The Bertz CT molecular complexity index is 1510. The van der Waals surface area contributed by atoms with E-state index in [9.17, 15) is 8.42 Å². The van der Waals surface area contributed by atoms with Gasteiger partial charge in [-0.05, 0) is 55.4 Å². The standard InChI is InChI=1S/C27H33N5O5S2/c1-4-8-30-39(33,34)11-9-32-26-24(20(28)12-17(5-2)15-29-26)31-27(32)38-23-14-22-21(36-16-37-22)13-19(23)25-18(6-3)7-10-35-25/h7,10,13-15,17,28,30H,4-6,8-9,11-12,16H2,1-3H3. The van der Waals surface area contributed by atoms with E-state index >= 15 is 0 Å². The maximum Gasteiger partial charge on any atom is 0.231 e. The average Bonchev–Trinajstić information content (AvgIpc) is 3.64. The molecule has 2 aliphatic heterocycles. The van der Waals surface area contributed by atoms with E-state index in [-0.39, 0.29) is 25.0 Å². The van der Waals surface area contributed by atoms with E-state index in [1.165, 1.54) is 11.8 Å². The van der Waals surface area contributed by atoms with Crippen molar-refractivity contribution in [3.05, 3.63) is 35.7 Å². The van der Waals surface area contributed by atoms with Gasteiger partial charge in [0.2, 0.25) is 16.8 Å². The second-order valence-electron chi connectivity index (χ2n) is 9.49. The highest BCUT2D eigenvalue weighted by molar-refractivity contribution is 7.99. The number of furan rings is 1. The highest BCUT2D eigenvalue weighted by atomic mass is 32.2. The zero-order valence-corrected chi connectivity index (χ0v) is 24.0. The quantitative estimate of drug-likeness (QED) is 0.314. The third kappa shape index (κ3) is 5.78. The molecule has 3 aromatic rings. The van der Waals surface area contributed by atoms with Gasteiger partial charge in [-0.3, -0.25) is 0 Å². The van der Waals surface area contributed by atoms with Crippen LogP contribution in [0.2, 0.25) is 0 Å². The number of aryl methyl sites for hydroxylation is 1. The van der Waals surface area contributed by atoms with Crippen molar-refractivity contribution in [1.82, 2.24) is 14.3 Å². The number of rotatable bonds is 11. The molecule has 0 amide bonds. The van der Waals surface area contributed by atoms with Crippen LogP contribution in [0.5, 0.6) is 11.5 Å². The Kier molecular flexibility index (Phi) is 8.15. The summed E-state index contributed by atoms with van der Waals surface area (Å²) in [6, 6.07) is 5.76. The van der Waals surface area contributed by atoms with E-state index in [4.69, 9.17) is 29.3 Å². The number of nitrogens with zero attached hydrogens (tertiary/aromatic N) is 3. The Morgan fingerprint density at radius 2 is 2.00 bits per heavy atom. The molecule has 2 N–H and O–H groups in total. The third-order valence-corrected chi connectivity index (χ3v) is 9.21. The number of imidazole rings is 1. The van der Waals surface area contributed by atoms with Crippen LogP contribution in [-0.4, -0.2) is 49.0 Å². The Balaban J connectivity index is 1.59. The highest BCUT2D eigenvalue weighted by Crippen LogP contribution is 2.46. The molecular weight excluding hydrogens is 538 g/mol. The molecule has 0 spiro atoms. The molecule has 0 fully saturated rings. The lowest BCUT2D eigenvalue weighted by atomic mass is 10.0. The number of hydrogen-bond acceptors (Lipinski definition) is 9. The van der Waals surface area contributed by atoms with Crippen LogP contribution in [-0.2, 0) is 23.0 Å². The van der Waals surface area contributed by atoms with Crippen molar-refractivity contribution in [3.8, 4) is 22.8 Å². The fourth-order valence-electron chi connectivity index (χ4n) is 4.55.